The minimum Gasteiger partial charge on any atom is -0.251 e. The van der Waals surface area contributed by atoms with Gasteiger partial charge in [-0.1, -0.05) is 19.4 Å². The highest BCUT2D eigenvalue weighted by molar-refractivity contribution is 7.95. The van der Waals surface area contributed by atoms with Gasteiger partial charge in [-0.05, 0) is 31.1 Å². The van der Waals surface area contributed by atoms with Crippen molar-refractivity contribution in [2.45, 2.75) is 39.7 Å². The molecule has 1 aliphatic carbocycles. The third-order valence-electron chi connectivity index (χ3n) is 3.83. The lowest BCUT2D eigenvalue weighted by molar-refractivity contribution is -0.273. The molecule has 1 saturated carbocycles. The van der Waals surface area contributed by atoms with Crippen molar-refractivity contribution < 1.29 is 18.6 Å². The number of allylic oxidation sites excluding steroid dienone is 1. The Morgan fingerprint density at radius 2 is 2.06 bits per heavy atom. The van der Waals surface area contributed by atoms with Gasteiger partial charge in [0.1, 0.15) is 6.10 Å². The SMILES string of the molecule is CC1=C(C(OO)C2CC2(C)C)S(=O)(=O)CC1. The van der Waals surface area contributed by atoms with Crippen molar-refractivity contribution in [2.75, 3.05) is 5.75 Å². The molecule has 1 fully saturated rings. The van der Waals surface area contributed by atoms with E-state index < -0.39 is 15.9 Å². The summed E-state index contributed by atoms with van der Waals surface area (Å²) in [4.78, 5) is 4.79. The Morgan fingerprint density at radius 1 is 1.50 bits per heavy atom. The maximum absolute atomic E-state index is 11.9. The lowest BCUT2D eigenvalue weighted by atomic mass is 10.0. The molecular weight excluding hydrogens is 228 g/mol. The molecule has 0 aromatic rings. The molecule has 2 aliphatic rings. The van der Waals surface area contributed by atoms with Crippen LogP contribution in [0.1, 0.15) is 33.6 Å². The van der Waals surface area contributed by atoms with Crippen LogP contribution in [0.3, 0.4) is 0 Å². The molecule has 2 rings (SSSR count). The topological polar surface area (TPSA) is 63.6 Å². The van der Waals surface area contributed by atoms with E-state index in [0.29, 0.717) is 11.3 Å². The molecule has 1 heterocycles. The summed E-state index contributed by atoms with van der Waals surface area (Å²) in [5.41, 5.74) is 0.903. The fourth-order valence-electron chi connectivity index (χ4n) is 2.53. The fraction of sp³-hybridized carbons (Fsp3) is 0.818. The van der Waals surface area contributed by atoms with Crippen LogP contribution >= 0.6 is 0 Å². The van der Waals surface area contributed by atoms with E-state index in [2.05, 4.69) is 18.7 Å². The standard InChI is InChI=1S/C11H18O4S/c1-7-4-5-16(13,14)10(7)9(15-12)8-6-11(8,2)3/h8-9,12H,4-6H2,1-3H3. The van der Waals surface area contributed by atoms with Crippen LogP contribution < -0.4 is 0 Å². The number of hydrogen-bond donors (Lipinski definition) is 1. The average Bonchev–Trinajstić information content (AvgIpc) is 2.70. The van der Waals surface area contributed by atoms with E-state index in [4.69, 9.17) is 5.26 Å². The van der Waals surface area contributed by atoms with Crippen LogP contribution in [0.2, 0.25) is 0 Å². The monoisotopic (exact) mass is 246 g/mol. The molecule has 5 heteroatoms. The smallest absolute Gasteiger partial charge is 0.177 e. The maximum atomic E-state index is 11.9. The van der Waals surface area contributed by atoms with Gasteiger partial charge >= 0.3 is 0 Å². The van der Waals surface area contributed by atoms with Gasteiger partial charge in [0.25, 0.3) is 0 Å². The van der Waals surface area contributed by atoms with Crippen molar-refractivity contribution in [2.24, 2.45) is 11.3 Å². The molecule has 0 amide bonds. The molecule has 0 aromatic carbocycles. The normalized spacial score (nSPS) is 32.9. The zero-order valence-electron chi connectivity index (χ0n) is 9.86. The van der Waals surface area contributed by atoms with E-state index in [9.17, 15) is 8.42 Å². The van der Waals surface area contributed by atoms with Crippen LogP contribution in [0.5, 0.6) is 0 Å². The van der Waals surface area contributed by atoms with Crippen LogP contribution in [-0.4, -0.2) is 25.5 Å². The van der Waals surface area contributed by atoms with Gasteiger partial charge in [-0.25, -0.2) is 13.3 Å². The van der Waals surface area contributed by atoms with Crippen LogP contribution in [0, 0.1) is 11.3 Å². The highest BCUT2D eigenvalue weighted by atomic mass is 32.2. The first kappa shape index (κ1) is 12.1. The van der Waals surface area contributed by atoms with Gasteiger partial charge < -0.3 is 0 Å². The lowest BCUT2D eigenvalue weighted by Crippen LogP contribution is -2.24. The molecule has 92 valence electrons. The van der Waals surface area contributed by atoms with Gasteiger partial charge in [0, 0.05) is 0 Å². The van der Waals surface area contributed by atoms with Crippen molar-refractivity contribution in [3.63, 3.8) is 0 Å². The van der Waals surface area contributed by atoms with Crippen molar-refractivity contribution in [1.29, 1.82) is 0 Å². The minimum atomic E-state index is -3.21. The zero-order valence-corrected chi connectivity index (χ0v) is 10.7. The Bertz CT molecular complexity index is 433. The van der Waals surface area contributed by atoms with E-state index in [1.165, 1.54) is 0 Å². The highest BCUT2D eigenvalue weighted by Gasteiger charge is 2.54. The van der Waals surface area contributed by atoms with Gasteiger partial charge in [0.05, 0.1) is 10.7 Å². The Kier molecular flexibility index (Phi) is 2.68. The van der Waals surface area contributed by atoms with Crippen molar-refractivity contribution in [3.05, 3.63) is 10.5 Å². The molecule has 0 saturated heterocycles. The molecule has 0 aromatic heterocycles. The zero-order chi connectivity index (χ0) is 12.1. The Morgan fingerprint density at radius 3 is 2.38 bits per heavy atom. The third-order valence-corrected chi connectivity index (χ3v) is 5.82. The molecule has 4 nitrogen and oxygen atoms in total. The summed E-state index contributed by atoms with van der Waals surface area (Å²) in [6, 6.07) is 0. The second kappa shape index (κ2) is 3.55. The van der Waals surface area contributed by atoms with Crippen LogP contribution in [0.25, 0.3) is 0 Å². The van der Waals surface area contributed by atoms with E-state index in [0.717, 1.165) is 12.0 Å². The van der Waals surface area contributed by atoms with Crippen LogP contribution in [0.4, 0.5) is 0 Å². The minimum absolute atomic E-state index is 0.0682. The first-order valence-electron chi connectivity index (χ1n) is 5.52. The van der Waals surface area contributed by atoms with E-state index in [-0.39, 0.29) is 17.1 Å². The lowest BCUT2D eigenvalue weighted by Gasteiger charge is -2.17. The molecule has 16 heavy (non-hydrogen) atoms. The van der Waals surface area contributed by atoms with E-state index in [1.807, 2.05) is 0 Å². The Labute approximate surface area is 96.1 Å². The summed E-state index contributed by atoms with van der Waals surface area (Å²) in [6.07, 6.45) is 0.789. The largest absolute Gasteiger partial charge is 0.251 e. The third kappa shape index (κ3) is 1.81. The summed E-state index contributed by atoms with van der Waals surface area (Å²) in [5.74, 6) is 0.261. The fourth-order valence-corrected chi connectivity index (χ4v) is 4.52. The molecule has 1 N–H and O–H groups in total. The highest BCUT2D eigenvalue weighted by Crippen LogP contribution is 2.56. The van der Waals surface area contributed by atoms with Crippen molar-refractivity contribution >= 4 is 9.84 Å². The second-order valence-corrected chi connectivity index (χ2v) is 7.62. The first-order chi connectivity index (χ1) is 7.29. The first-order valence-corrected chi connectivity index (χ1v) is 7.17. The molecule has 0 bridgehead atoms. The van der Waals surface area contributed by atoms with Crippen LogP contribution in [0.15, 0.2) is 10.5 Å². The number of rotatable bonds is 3. The predicted octanol–water partition coefficient (Wildman–Crippen LogP) is 1.98. The quantitative estimate of drug-likeness (QED) is 0.611. The van der Waals surface area contributed by atoms with E-state index >= 15 is 0 Å². The molecule has 0 radical (unpaired) electrons. The van der Waals surface area contributed by atoms with E-state index in [1.54, 1.807) is 6.92 Å². The summed E-state index contributed by atoms with van der Waals surface area (Å²) < 4.78 is 23.7. The average molecular weight is 246 g/mol. The maximum Gasteiger partial charge on any atom is 0.177 e. The summed E-state index contributed by atoms with van der Waals surface area (Å²) >= 11 is 0. The molecular formula is C11H18O4S. The van der Waals surface area contributed by atoms with Crippen molar-refractivity contribution in [3.8, 4) is 0 Å². The summed E-state index contributed by atoms with van der Waals surface area (Å²) in [6.45, 7) is 5.92. The van der Waals surface area contributed by atoms with Gasteiger partial charge in [-0.3, -0.25) is 5.26 Å². The van der Waals surface area contributed by atoms with Gasteiger partial charge in [-0.2, -0.15) is 0 Å². The molecule has 1 aliphatic heterocycles. The second-order valence-electron chi connectivity index (χ2n) is 5.54. The molecule has 0 spiro atoms. The van der Waals surface area contributed by atoms with Crippen LogP contribution in [-0.2, 0) is 14.7 Å². The number of sulfone groups is 1. The predicted molar refractivity (Wildman–Crippen MR) is 60.5 cm³/mol. The van der Waals surface area contributed by atoms with Gasteiger partial charge in [-0.15, -0.1) is 0 Å². The van der Waals surface area contributed by atoms with Gasteiger partial charge in [0.15, 0.2) is 9.84 Å². The Balaban J connectivity index is 2.33. The summed E-state index contributed by atoms with van der Waals surface area (Å²) in [5, 5.41) is 8.98. The molecule has 2 atom stereocenters. The number of hydrogen-bond acceptors (Lipinski definition) is 4. The Hall–Kier alpha value is -0.390. The molecule has 2 unspecified atom stereocenters. The van der Waals surface area contributed by atoms with Gasteiger partial charge in [0.2, 0.25) is 0 Å². The summed E-state index contributed by atoms with van der Waals surface area (Å²) in [7, 11) is -3.21. The van der Waals surface area contributed by atoms with Crippen molar-refractivity contribution in [1.82, 2.24) is 0 Å².